The molecule has 1 amide bonds. The van der Waals surface area contributed by atoms with Gasteiger partial charge < -0.3 is 10.4 Å². The number of rotatable bonds is 3. The molecule has 0 saturated carbocycles. The van der Waals surface area contributed by atoms with Crippen LogP contribution in [0, 0.1) is 11.8 Å². The van der Waals surface area contributed by atoms with E-state index in [4.69, 9.17) is 5.11 Å². The summed E-state index contributed by atoms with van der Waals surface area (Å²) in [5.74, 6) is 5.31. The van der Waals surface area contributed by atoms with E-state index in [1.807, 2.05) is 30.5 Å². The van der Waals surface area contributed by atoms with Crippen molar-refractivity contribution in [1.82, 2.24) is 0 Å². The van der Waals surface area contributed by atoms with Gasteiger partial charge >= 0.3 is 0 Å². The molecule has 20 heavy (non-hydrogen) atoms. The molecule has 0 aliphatic heterocycles. The molecule has 102 valence electrons. The van der Waals surface area contributed by atoms with E-state index in [0.717, 1.165) is 28.1 Å². The zero-order valence-corrected chi connectivity index (χ0v) is 12.0. The number of hydrogen-bond donors (Lipinski definition) is 2. The number of hydrogen-bond acceptors (Lipinski definition) is 3. The van der Waals surface area contributed by atoms with Gasteiger partial charge in [0.1, 0.15) is 6.61 Å². The number of aliphatic hydroxyl groups is 1. The van der Waals surface area contributed by atoms with E-state index in [0.29, 0.717) is 0 Å². The zero-order valence-electron chi connectivity index (χ0n) is 11.1. The summed E-state index contributed by atoms with van der Waals surface area (Å²) in [6, 6.07) is 9.21. The Balaban J connectivity index is 2.08. The van der Waals surface area contributed by atoms with Crippen LogP contribution in [0.3, 0.4) is 0 Å². The lowest BCUT2D eigenvalue weighted by atomic mass is 10.2. The molecule has 0 aliphatic carbocycles. The maximum atomic E-state index is 12.2. The Hall–Kier alpha value is -2.09. The van der Waals surface area contributed by atoms with Gasteiger partial charge in [-0.05, 0) is 47.7 Å². The van der Waals surface area contributed by atoms with E-state index in [2.05, 4.69) is 17.2 Å². The summed E-state index contributed by atoms with van der Waals surface area (Å²) in [4.78, 5) is 12.9. The number of thiophene rings is 1. The van der Waals surface area contributed by atoms with Crippen molar-refractivity contribution in [2.24, 2.45) is 0 Å². The van der Waals surface area contributed by atoms with Crippen LogP contribution in [0.2, 0.25) is 0 Å². The third kappa shape index (κ3) is 3.47. The van der Waals surface area contributed by atoms with Crippen molar-refractivity contribution >= 4 is 22.9 Å². The highest BCUT2D eigenvalue weighted by atomic mass is 32.1. The second-order valence-electron chi connectivity index (χ2n) is 4.12. The highest BCUT2D eigenvalue weighted by Crippen LogP contribution is 2.19. The molecule has 1 aromatic carbocycles. The Morgan fingerprint density at radius 3 is 2.70 bits per heavy atom. The van der Waals surface area contributed by atoms with Gasteiger partial charge in [0.2, 0.25) is 0 Å². The minimum Gasteiger partial charge on any atom is -0.384 e. The number of carbonyl (C=O) groups is 1. The standard InChI is InChI=1S/C16H15NO2S/c1-2-13-9-11-20-15(13)16(19)17-14-7-5-12(6-8-14)4-3-10-18/h5-9,11,18H,2,10H2,1H3,(H,17,19). The monoisotopic (exact) mass is 285 g/mol. The van der Waals surface area contributed by atoms with Crippen LogP contribution in [-0.4, -0.2) is 17.6 Å². The maximum absolute atomic E-state index is 12.2. The van der Waals surface area contributed by atoms with Crippen molar-refractivity contribution in [2.45, 2.75) is 13.3 Å². The predicted molar refractivity (Wildman–Crippen MR) is 82.1 cm³/mol. The smallest absolute Gasteiger partial charge is 0.266 e. The van der Waals surface area contributed by atoms with Gasteiger partial charge in [-0.2, -0.15) is 0 Å². The van der Waals surface area contributed by atoms with Crippen molar-refractivity contribution in [3.05, 3.63) is 51.7 Å². The average Bonchev–Trinajstić information content (AvgIpc) is 2.95. The molecule has 0 radical (unpaired) electrons. The minimum atomic E-state index is -0.156. The first-order valence-corrected chi connectivity index (χ1v) is 7.20. The number of carbonyl (C=O) groups excluding carboxylic acids is 1. The van der Waals surface area contributed by atoms with Crippen molar-refractivity contribution in [3.63, 3.8) is 0 Å². The molecule has 1 aromatic heterocycles. The first-order chi connectivity index (χ1) is 9.74. The summed E-state index contributed by atoms with van der Waals surface area (Å²) in [7, 11) is 0. The molecule has 0 saturated heterocycles. The van der Waals surface area contributed by atoms with Crippen molar-refractivity contribution in [2.75, 3.05) is 11.9 Å². The molecule has 2 aromatic rings. The predicted octanol–water partition coefficient (Wildman–Crippen LogP) is 2.91. The van der Waals surface area contributed by atoms with E-state index in [9.17, 15) is 4.79 Å². The maximum Gasteiger partial charge on any atom is 0.266 e. The highest BCUT2D eigenvalue weighted by molar-refractivity contribution is 7.12. The summed E-state index contributed by atoms with van der Waals surface area (Å²) in [6.45, 7) is 1.88. The first kappa shape index (κ1) is 14.3. The van der Waals surface area contributed by atoms with Crippen molar-refractivity contribution < 1.29 is 9.90 Å². The lowest BCUT2D eigenvalue weighted by Crippen LogP contribution is -2.11. The molecule has 0 bridgehead atoms. The van der Waals surface area contributed by atoms with Crippen LogP contribution in [0.15, 0.2) is 35.7 Å². The molecule has 0 spiro atoms. The van der Waals surface area contributed by atoms with E-state index in [-0.39, 0.29) is 12.5 Å². The summed E-state index contributed by atoms with van der Waals surface area (Å²) in [5.41, 5.74) is 2.61. The van der Waals surface area contributed by atoms with E-state index >= 15 is 0 Å². The lowest BCUT2D eigenvalue weighted by molar-refractivity contribution is 0.103. The first-order valence-electron chi connectivity index (χ1n) is 6.32. The van der Waals surface area contributed by atoms with Crippen LogP contribution in [0.25, 0.3) is 0 Å². The minimum absolute atomic E-state index is 0.0777. The second-order valence-corrected chi connectivity index (χ2v) is 5.04. The Morgan fingerprint density at radius 2 is 2.05 bits per heavy atom. The third-order valence-electron chi connectivity index (χ3n) is 2.79. The van der Waals surface area contributed by atoms with Crippen molar-refractivity contribution in [3.8, 4) is 11.8 Å². The van der Waals surface area contributed by atoms with Crippen LogP contribution in [-0.2, 0) is 6.42 Å². The van der Waals surface area contributed by atoms with Crippen LogP contribution in [0.4, 0.5) is 5.69 Å². The fourth-order valence-electron chi connectivity index (χ4n) is 1.78. The van der Waals surface area contributed by atoms with Crippen LogP contribution in [0.1, 0.15) is 27.7 Å². The molecule has 2 N–H and O–H groups in total. The van der Waals surface area contributed by atoms with E-state index in [1.54, 1.807) is 12.1 Å². The molecule has 0 atom stereocenters. The van der Waals surface area contributed by atoms with Gasteiger partial charge in [0.05, 0.1) is 4.88 Å². The topological polar surface area (TPSA) is 49.3 Å². The van der Waals surface area contributed by atoms with Crippen LogP contribution >= 0.6 is 11.3 Å². The Bertz CT molecular complexity index is 647. The van der Waals surface area contributed by atoms with Gasteiger partial charge in [0.25, 0.3) is 5.91 Å². The Kier molecular flexibility index (Phi) is 4.94. The summed E-state index contributed by atoms with van der Waals surface area (Å²) >= 11 is 1.45. The largest absolute Gasteiger partial charge is 0.384 e. The quantitative estimate of drug-likeness (QED) is 0.852. The molecular formula is C16H15NO2S. The average molecular weight is 285 g/mol. The molecule has 0 aliphatic rings. The normalized spacial score (nSPS) is 9.70. The SMILES string of the molecule is CCc1ccsc1C(=O)Nc1ccc(C#CCO)cc1. The third-order valence-corrected chi connectivity index (χ3v) is 3.74. The van der Waals surface area contributed by atoms with Gasteiger partial charge in [0.15, 0.2) is 0 Å². The van der Waals surface area contributed by atoms with Gasteiger partial charge in [-0.1, -0.05) is 18.8 Å². The van der Waals surface area contributed by atoms with Gasteiger partial charge in [0, 0.05) is 11.3 Å². The number of amides is 1. The zero-order chi connectivity index (χ0) is 14.4. The lowest BCUT2D eigenvalue weighted by Gasteiger charge is -2.05. The summed E-state index contributed by atoms with van der Waals surface area (Å²) in [6.07, 6.45) is 0.849. The van der Waals surface area contributed by atoms with Crippen molar-refractivity contribution in [1.29, 1.82) is 0 Å². The number of aryl methyl sites for hydroxylation is 1. The fraction of sp³-hybridized carbons (Fsp3) is 0.188. The van der Waals surface area contributed by atoms with E-state index in [1.165, 1.54) is 11.3 Å². The van der Waals surface area contributed by atoms with E-state index < -0.39 is 0 Å². The highest BCUT2D eigenvalue weighted by Gasteiger charge is 2.11. The van der Waals surface area contributed by atoms with Gasteiger partial charge in [-0.3, -0.25) is 4.79 Å². The number of benzene rings is 1. The molecular weight excluding hydrogens is 270 g/mol. The number of aliphatic hydroxyl groups excluding tert-OH is 1. The molecule has 1 heterocycles. The fourth-order valence-corrected chi connectivity index (χ4v) is 2.67. The molecule has 2 rings (SSSR count). The number of nitrogens with one attached hydrogen (secondary N) is 1. The Morgan fingerprint density at radius 1 is 1.30 bits per heavy atom. The number of anilines is 1. The molecule has 0 fully saturated rings. The summed E-state index contributed by atoms with van der Waals surface area (Å²) < 4.78 is 0. The van der Waals surface area contributed by atoms with Crippen LogP contribution in [0.5, 0.6) is 0 Å². The Labute approximate surface area is 122 Å². The molecule has 0 unspecified atom stereocenters. The molecule has 3 nitrogen and oxygen atoms in total. The second kappa shape index (κ2) is 6.90. The van der Waals surface area contributed by atoms with Gasteiger partial charge in [-0.15, -0.1) is 11.3 Å². The molecule has 4 heteroatoms. The van der Waals surface area contributed by atoms with Gasteiger partial charge in [-0.25, -0.2) is 0 Å². The van der Waals surface area contributed by atoms with Crippen LogP contribution < -0.4 is 5.32 Å². The summed E-state index contributed by atoms with van der Waals surface area (Å²) in [5, 5.41) is 13.4.